The largest absolute Gasteiger partial charge is 0.417 e. The van der Waals surface area contributed by atoms with Gasteiger partial charge in [-0.2, -0.15) is 17.5 Å². The standard InChI is InChI=1S/C24H25F3N4O3S/c1-30-15-21(28-16-30)35(33,34)31-13-11-18(12-14-31)22(17-7-3-2-4-8-17)29-23(32)19-9-5-6-10-20(19)24(25,26)27/h2-10,15-16,18,22H,11-14H2,1H3,(H,29,32). The molecule has 0 spiro atoms. The van der Waals surface area contributed by atoms with Crippen LogP contribution in [0.1, 0.15) is 40.4 Å². The first kappa shape index (κ1) is 24.9. The number of imidazole rings is 1. The van der Waals surface area contributed by atoms with Gasteiger partial charge in [-0.15, -0.1) is 0 Å². The van der Waals surface area contributed by atoms with Gasteiger partial charge in [-0.25, -0.2) is 13.4 Å². The number of carbonyl (C=O) groups is 1. The molecule has 11 heteroatoms. The second-order valence-electron chi connectivity index (χ2n) is 8.52. The van der Waals surface area contributed by atoms with Crippen LogP contribution in [0.2, 0.25) is 0 Å². The number of hydrogen-bond donors (Lipinski definition) is 1. The van der Waals surface area contributed by atoms with Crippen LogP contribution in [-0.2, 0) is 23.2 Å². The third-order valence-electron chi connectivity index (χ3n) is 6.18. The normalized spacial score (nSPS) is 16.7. The van der Waals surface area contributed by atoms with E-state index in [0.717, 1.165) is 17.7 Å². The van der Waals surface area contributed by atoms with E-state index in [1.807, 2.05) is 6.07 Å². The Morgan fingerprint density at radius 3 is 2.29 bits per heavy atom. The Kier molecular flexibility index (Phi) is 7.00. The molecule has 4 rings (SSSR count). The summed E-state index contributed by atoms with van der Waals surface area (Å²) >= 11 is 0. The number of amides is 1. The van der Waals surface area contributed by atoms with Gasteiger partial charge in [-0.05, 0) is 36.5 Å². The van der Waals surface area contributed by atoms with Crippen molar-refractivity contribution < 1.29 is 26.4 Å². The van der Waals surface area contributed by atoms with Crippen molar-refractivity contribution in [3.8, 4) is 0 Å². The number of halogens is 3. The Balaban J connectivity index is 1.55. The van der Waals surface area contributed by atoms with Crippen LogP contribution in [0.25, 0.3) is 0 Å². The molecule has 1 saturated heterocycles. The van der Waals surface area contributed by atoms with E-state index in [-0.39, 0.29) is 24.0 Å². The number of aryl methyl sites for hydroxylation is 1. The van der Waals surface area contributed by atoms with Crippen molar-refractivity contribution in [2.45, 2.75) is 30.1 Å². The summed E-state index contributed by atoms with van der Waals surface area (Å²) in [5, 5.41) is 2.77. The Morgan fingerprint density at radius 2 is 1.69 bits per heavy atom. The van der Waals surface area contributed by atoms with Gasteiger partial charge in [0.05, 0.1) is 23.5 Å². The van der Waals surface area contributed by atoms with Gasteiger partial charge in [0.15, 0.2) is 5.03 Å². The minimum atomic E-state index is -4.67. The van der Waals surface area contributed by atoms with Crippen LogP contribution in [0.15, 0.2) is 72.1 Å². The van der Waals surface area contributed by atoms with Gasteiger partial charge >= 0.3 is 6.18 Å². The third-order valence-corrected chi connectivity index (χ3v) is 7.96. The molecule has 1 unspecified atom stereocenters. The molecule has 1 N–H and O–H groups in total. The van der Waals surface area contributed by atoms with E-state index in [0.29, 0.717) is 12.8 Å². The molecule has 0 aliphatic carbocycles. The van der Waals surface area contributed by atoms with Gasteiger partial charge in [-0.1, -0.05) is 42.5 Å². The molecule has 1 aromatic heterocycles. The fraction of sp³-hybridized carbons (Fsp3) is 0.333. The lowest BCUT2D eigenvalue weighted by molar-refractivity contribution is -0.137. The Bertz CT molecular complexity index is 1280. The lowest BCUT2D eigenvalue weighted by atomic mass is 9.85. The molecule has 2 heterocycles. The first-order chi connectivity index (χ1) is 16.6. The van der Waals surface area contributed by atoms with Crippen molar-refractivity contribution >= 4 is 15.9 Å². The number of benzene rings is 2. The molecular weight excluding hydrogens is 481 g/mol. The molecule has 1 amide bonds. The first-order valence-electron chi connectivity index (χ1n) is 11.1. The minimum Gasteiger partial charge on any atom is -0.345 e. The molecule has 186 valence electrons. The maximum Gasteiger partial charge on any atom is 0.417 e. The van der Waals surface area contributed by atoms with E-state index < -0.39 is 39.3 Å². The summed E-state index contributed by atoms with van der Waals surface area (Å²) < 4.78 is 69.2. The number of nitrogens with one attached hydrogen (secondary N) is 1. The lowest BCUT2D eigenvalue weighted by Gasteiger charge is -2.36. The van der Waals surface area contributed by atoms with E-state index in [2.05, 4.69) is 10.3 Å². The van der Waals surface area contributed by atoms with Gasteiger partial charge in [0.1, 0.15) is 0 Å². The molecule has 2 aromatic carbocycles. The smallest absolute Gasteiger partial charge is 0.345 e. The molecule has 1 atom stereocenters. The van der Waals surface area contributed by atoms with E-state index in [1.165, 1.54) is 29.0 Å². The highest BCUT2D eigenvalue weighted by molar-refractivity contribution is 7.89. The molecular formula is C24H25F3N4O3S. The van der Waals surface area contributed by atoms with Crippen LogP contribution in [0, 0.1) is 5.92 Å². The Hall–Kier alpha value is -3.18. The number of carbonyl (C=O) groups excluding carboxylic acids is 1. The average molecular weight is 507 g/mol. The van der Waals surface area contributed by atoms with Gasteiger partial charge in [-0.3, -0.25) is 4.79 Å². The Morgan fingerprint density at radius 1 is 1.06 bits per heavy atom. The van der Waals surface area contributed by atoms with Crippen LogP contribution in [0.4, 0.5) is 13.2 Å². The maximum absolute atomic E-state index is 13.5. The van der Waals surface area contributed by atoms with Gasteiger partial charge in [0, 0.05) is 26.3 Å². The van der Waals surface area contributed by atoms with Crippen molar-refractivity contribution in [1.29, 1.82) is 0 Å². The number of piperidine rings is 1. The molecule has 0 saturated carbocycles. The number of nitrogens with zero attached hydrogens (tertiary/aromatic N) is 3. The summed E-state index contributed by atoms with van der Waals surface area (Å²) in [6.45, 7) is 0.420. The molecule has 7 nitrogen and oxygen atoms in total. The topological polar surface area (TPSA) is 84.3 Å². The van der Waals surface area contributed by atoms with Crippen LogP contribution in [0.3, 0.4) is 0 Å². The summed E-state index contributed by atoms with van der Waals surface area (Å²) in [6.07, 6.45) is -0.965. The summed E-state index contributed by atoms with van der Waals surface area (Å²) in [5.74, 6) is -0.995. The van der Waals surface area contributed by atoms with Crippen LogP contribution >= 0.6 is 0 Å². The van der Waals surface area contributed by atoms with Gasteiger partial charge in [0.25, 0.3) is 15.9 Å². The molecule has 0 radical (unpaired) electrons. The zero-order valence-corrected chi connectivity index (χ0v) is 19.8. The van der Waals surface area contributed by atoms with Crippen LogP contribution < -0.4 is 5.32 Å². The predicted octanol–water partition coefficient (Wildman–Crippen LogP) is 4.01. The summed E-state index contributed by atoms with van der Waals surface area (Å²) in [4.78, 5) is 17.0. The van der Waals surface area contributed by atoms with Crippen molar-refractivity contribution in [1.82, 2.24) is 19.2 Å². The SMILES string of the molecule is Cn1cnc(S(=O)(=O)N2CCC(C(NC(=O)c3ccccc3C(F)(F)F)c3ccccc3)CC2)c1. The highest BCUT2D eigenvalue weighted by Crippen LogP contribution is 2.35. The van der Waals surface area contributed by atoms with Crippen molar-refractivity contribution in [3.63, 3.8) is 0 Å². The second-order valence-corrected chi connectivity index (χ2v) is 10.4. The minimum absolute atomic E-state index is 0.0323. The monoisotopic (exact) mass is 506 g/mol. The summed E-state index contributed by atoms with van der Waals surface area (Å²) in [6, 6.07) is 13.1. The van der Waals surface area contributed by atoms with E-state index in [9.17, 15) is 26.4 Å². The van der Waals surface area contributed by atoms with Gasteiger partial charge < -0.3 is 9.88 Å². The van der Waals surface area contributed by atoms with Crippen LogP contribution in [-0.4, -0.2) is 41.3 Å². The fourth-order valence-electron chi connectivity index (χ4n) is 4.38. The van der Waals surface area contributed by atoms with Crippen molar-refractivity contribution in [3.05, 3.63) is 83.8 Å². The number of alkyl halides is 3. The average Bonchev–Trinajstić information content (AvgIpc) is 3.30. The molecule has 0 bridgehead atoms. The summed E-state index contributed by atoms with van der Waals surface area (Å²) in [7, 11) is -2.07. The molecule has 35 heavy (non-hydrogen) atoms. The van der Waals surface area contributed by atoms with E-state index in [4.69, 9.17) is 0 Å². The number of hydrogen-bond acceptors (Lipinski definition) is 4. The maximum atomic E-state index is 13.5. The molecule has 1 aliphatic rings. The fourth-order valence-corrected chi connectivity index (χ4v) is 5.82. The highest BCUT2D eigenvalue weighted by atomic mass is 32.2. The quantitative estimate of drug-likeness (QED) is 0.548. The van der Waals surface area contributed by atoms with E-state index >= 15 is 0 Å². The summed E-state index contributed by atoms with van der Waals surface area (Å²) in [5.41, 5.74) is -0.701. The Labute approximate surface area is 201 Å². The highest BCUT2D eigenvalue weighted by Gasteiger charge is 2.37. The zero-order valence-electron chi connectivity index (χ0n) is 18.9. The number of rotatable bonds is 6. The number of sulfonamides is 1. The van der Waals surface area contributed by atoms with Crippen LogP contribution in [0.5, 0.6) is 0 Å². The first-order valence-corrected chi connectivity index (χ1v) is 12.5. The zero-order chi connectivity index (χ0) is 25.2. The van der Waals surface area contributed by atoms with Crippen molar-refractivity contribution in [2.24, 2.45) is 13.0 Å². The molecule has 1 fully saturated rings. The van der Waals surface area contributed by atoms with E-state index in [1.54, 1.807) is 35.9 Å². The number of aromatic nitrogens is 2. The third kappa shape index (κ3) is 5.40. The molecule has 1 aliphatic heterocycles. The van der Waals surface area contributed by atoms with Gasteiger partial charge in [0.2, 0.25) is 0 Å². The second kappa shape index (κ2) is 9.82. The van der Waals surface area contributed by atoms with Crippen molar-refractivity contribution in [2.75, 3.05) is 13.1 Å². The molecule has 3 aromatic rings. The lowest BCUT2D eigenvalue weighted by Crippen LogP contribution is -2.43. The predicted molar refractivity (Wildman–Crippen MR) is 123 cm³/mol.